The summed E-state index contributed by atoms with van der Waals surface area (Å²) in [4.78, 5) is 0. The van der Waals surface area contributed by atoms with Crippen LogP contribution in [0.25, 0.3) is 0 Å². The fourth-order valence-electron chi connectivity index (χ4n) is 0.612. The van der Waals surface area contributed by atoms with Crippen molar-refractivity contribution in [3.8, 4) is 5.75 Å². The van der Waals surface area contributed by atoms with E-state index in [9.17, 15) is 4.39 Å². The van der Waals surface area contributed by atoms with Crippen molar-refractivity contribution in [2.24, 2.45) is 0 Å². The second-order valence-electron chi connectivity index (χ2n) is 1.95. The molecule has 0 atom stereocenters. The van der Waals surface area contributed by atoms with Crippen LogP contribution < -0.4 is 0 Å². The maximum absolute atomic E-state index is 12.3. The smallest absolute Gasteiger partial charge is 0.165 e. The van der Waals surface area contributed by atoms with Gasteiger partial charge in [0, 0.05) is 0 Å². The minimum atomic E-state index is -0.560. The van der Waals surface area contributed by atoms with Crippen LogP contribution in [0.4, 0.5) is 4.39 Å². The fraction of sp³-hybridized carbons (Fsp3) is 0.333. The Labute approximate surface area is 66.5 Å². The number of rotatable bonds is 0. The zero-order chi connectivity index (χ0) is 8.85. The summed E-state index contributed by atoms with van der Waals surface area (Å²) in [6.07, 6.45) is 0. The van der Waals surface area contributed by atoms with E-state index < -0.39 is 5.82 Å². The van der Waals surface area contributed by atoms with Crippen LogP contribution in [0.5, 0.6) is 5.75 Å². The molecule has 1 nitrogen and oxygen atoms in total. The summed E-state index contributed by atoms with van der Waals surface area (Å²) in [5.41, 5.74) is 0.810. The number of hydrogen-bond donors (Lipinski definition) is 1. The summed E-state index contributed by atoms with van der Waals surface area (Å²) in [7, 11) is 0. The molecule has 0 saturated heterocycles. The van der Waals surface area contributed by atoms with E-state index in [0.717, 1.165) is 5.56 Å². The largest absolute Gasteiger partial charge is 0.505 e. The van der Waals surface area contributed by atoms with Crippen molar-refractivity contribution < 1.29 is 9.50 Å². The zero-order valence-corrected chi connectivity index (χ0v) is 7.06. The summed E-state index contributed by atoms with van der Waals surface area (Å²) in [5.74, 6) is -0.851. The molecule has 1 rings (SSSR count). The molecular formula is C9H13FO. The van der Waals surface area contributed by atoms with Gasteiger partial charge in [-0.1, -0.05) is 19.9 Å². The molecule has 0 amide bonds. The quantitative estimate of drug-likeness (QED) is 0.612. The molecule has 62 valence electrons. The minimum Gasteiger partial charge on any atom is -0.505 e. The number of phenolic OH excluding ortho intramolecular Hbond substituents is 1. The number of aromatic hydroxyl groups is 1. The highest BCUT2D eigenvalue weighted by Crippen LogP contribution is 2.14. The predicted octanol–water partition coefficient (Wildman–Crippen LogP) is 2.87. The number of phenols is 1. The van der Waals surface area contributed by atoms with Gasteiger partial charge in [-0.3, -0.25) is 0 Å². The molecule has 1 N–H and O–H groups in total. The third-order valence-corrected chi connectivity index (χ3v) is 1.10. The van der Waals surface area contributed by atoms with Crippen molar-refractivity contribution in [2.75, 3.05) is 0 Å². The van der Waals surface area contributed by atoms with Crippen molar-refractivity contribution in [3.05, 3.63) is 29.6 Å². The van der Waals surface area contributed by atoms with E-state index in [1.807, 2.05) is 13.8 Å². The Hall–Kier alpha value is -1.05. The first-order valence-corrected chi connectivity index (χ1v) is 3.65. The Morgan fingerprint density at radius 3 is 2.18 bits per heavy atom. The van der Waals surface area contributed by atoms with Gasteiger partial charge in [-0.2, -0.15) is 0 Å². The third kappa shape index (κ3) is 3.03. The molecule has 0 unspecified atom stereocenters. The van der Waals surface area contributed by atoms with Crippen LogP contribution in [0.1, 0.15) is 19.4 Å². The summed E-state index contributed by atoms with van der Waals surface area (Å²) in [6, 6.07) is 4.28. The summed E-state index contributed by atoms with van der Waals surface area (Å²) in [5, 5.41) is 8.67. The normalized spacial score (nSPS) is 8.36. The van der Waals surface area contributed by atoms with Crippen molar-refractivity contribution in [1.82, 2.24) is 0 Å². The highest BCUT2D eigenvalue weighted by Gasteiger charge is 1.96. The van der Waals surface area contributed by atoms with Gasteiger partial charge in [0.2, 0.25) is 0 Å². The van der Waals surface area contributed by atoms with Crippen molar-refractivity contribution >= 4 is 0 Å². The van der Waals surface area contributed by atoms with E-state index in [-0.39, 0.29) is 5.75 Å². The van der Waals surface area contributed by atoms with Gasteiger partial charge in [0.15, 0.2) is 11.6 Å². The fourth-order valence-corrected chi connectivity index (χ4v) is 0.612. The van der Waals surface area contributed by atoms with Crippen LogP contribution >= 0.6 is 0 Å². The molecule has 0 fully saturated rings. The summed E-state index contributed by atoms with van der Waals surface area (Å²) < 4.78 is 12.3. The molecule has 0 saturated carbocycles. The second kappa shape index (κ2) is 4.72. The predicted molar refractivity (Wildman–Crippen MR) is 44.1 cm³/mol. The van der Waals surface area contributed by atoms with Gasteiger partial charge in [0.05, 0.1) is 0 Å². The first kappa shape index (κ1) is 9.95. The van der Waals surface area contributed by atoms with Crippen molar-refractivity contribution in [3.63, 3.8) is 0 Å². The first-order valence-electron chi connectivity index (χ1n) is 3.65. The highest BCUT2D eigenvalue weighted by atomic mass is 19.1. The van der Waals surface area contributed by atoms with E-state index in [1.54, 1.807) is 13.0 Å². The molecule has 2 heteroatoms. The Morgan fingerprint density at radius 2 is 1.82 bits per heavy atom. The summed E-state index contributed by atoms with van der Waals surface area (Å²) >= 11 is 0. The van der Waals surface area contributed by atoms with Crippen molar-refractivity contribution in [1.29, 1.82) is 0 Å². The lowest BCUT2D eigenvalue weighted by Crippen LogP contribution is -1.76. The van der Waals surface area contributed by atoms with Gasteiger partial charge in [-0.05, 0) is 24.6 Å². The topological polar surface area (TPSA) is 20.2 Å². The SMILES string of the molecule is CC.Cc1ccc(O)c(F)c1. The zero-order valence-electron chi connectivity index (χ0n) is 7.06. The molecule has 1 aromatic carbocycles. The van der Waals surface area contributed by atoms with Gasteiger partial charge >= 0.3 is 0 Å². The molecule has 0 bridgehead atoms. The molecule has 0 aliphatic carbocycles. The molecular weight excluding hydrogens is 143 g/mol. The summed E-state index contributed by atoms with van der Waals surface area (Å²) in [6.45, 7) is 5.77. The number of halogens is 1. The van der Waals surface area contributed by atoms with Crippen molar-refractivity contribution in [2.45, 2.75) is 20.8 Å². The lowest BCUT2D eigenvalue weighted by Gasteiger charge is -1.93. The average Bonchev–Trinajstić information content (AvgIpc) is 2.02. The van der Waals surface area contributed by atoms with Crippen LogP contribution in [0, 0.1) is 12.7 Å². The maximum Gasteiger partial charge on any atom is 0.165 e. The van der Waals surface area contributed by atoms with Gasteiger partial charge < -0.3 is 5.11 Å². The minimum absolute atomic E-state index is 0.291. The van der Waals surface area contributed by atoms with Gasteiger partial charge in [-0.25, -0.2) is 4.39 Å². The lowest BCUT2D eigenvalue weighted by atomic mass is 10.2. The van der Waals surface area contributed by atoms with E-state index in [1.165, 1.54) is 12.1 Å². The van der Waals surface area contributed by atoms with E-state index in [4.69, 9.17) is 5.11 Å². The lowest BCUT2D eigenvalue weighted by molar-refractivity contribution is 0.432. The molecule has 0 aromatic heterocycles. The molecule has 11 heavy (non-hydrogen) atoms. The number of hydrogen-bond acceptors (Lipinski definition) is 1. The standard InChI is InChI=1S/C7H7FO.C2H6/c1-5-2-3-7(9)6(8)4-5;1-2/h2-4,9H,1H3;1-2H3. The second-order valence-corrected chi connectivity index (χ2v) is 1.95. The molecule has 0 spiro atoms. The van der Waals surface area contributed by atoms with E-state index >= 15 is 0 Å². The van der Waals surface area contributed by atoms with E-state index in [2.05, 4.69) is 0 Å². The Kier molecular flexibility index (Phi) is 4.27. The molecule has 0 aliphatic heterocycles. The Bertz CT molecular complexity index is 221. The van der Waals surface area contributed by atoms with E-state index in [0.29, 0.717) is 0 Å². The highest BCUT2D eigenvalue weighted by molar-refractivity contribution is 5.26. The number of aryl methyl sites for hydroxylation is 1. The molecule has 0 radical (unpaired) electrons. The van der Waals surface area contributed by atoms with Crippen LogP contribution in [-0.2, 0) is 0 Å². The maximum atomic E-state index is 12.3. The molecule has 1 aromatic rings. The first-order chi connectivity index (χ1) is 5.20. The Balaban J connectivity index is 0.000000461. The molecule has 0 aliphatic rings. The average molecular weight is 156 g/mol. The number of benzene rings is 1. The van der Waals surface area contributed by atoms with Crippen LogP contribution in [0.15, 0.2) is 18.2 Å². The Morgan fingerprint density at radius 1 is 1.27 bits per heavy atom. The van der Waals surface area contributed by atoms with Gasteiger partial charge in [-0.15, -0.1) is 0 Å². The van der Waals surface area contributed by atoms with Crippen LogP contribution in [-0.4, -0.2) is 5.11 Å². The third-order valence-electron chi connectivity index (χ3n) is 1.10. The van der Waals surface area contributed by atoms with Crippen LogP contribution in [0.3, 0.4) is 0 Å². The van der Waals surface area contributed by atoms with Crippen LogP contribution in [0.2, 0.25) is 0 Å². The monoisotopic (exact) mass is 156 g/mol. The molecule has 0 heterocycles. The van der Waals surface area contributed by atoms with Gasteiger partial charge in [0.1, 0.15) is 0 Å². The van der Waals surface area contributed by atoms with Gasteiger partial charge in [0.25, 0.3) is 0 Å².